The Morgan fingerprint density at radius 2 is 1.94 bits per heavy atom. The Labute approximate surface area is 187 Å². The van der Waals surface area contributed by atoms with Crippen LogP contribution in [0.4, 0.5) is 0 Å². The van der Waals surface area contributed by atoms with Crippen molar-refractivity contribution in [2.24, 2.45) is 0 Å². The number of unbranched alkanes of at least 4 members (excludes halogenated alkanes) is 3. The highest BCUT2D eigenvalue weighted by Crippen LogP contribution is 2.19. The average molecular weight is 432 g/mol. The van der Waals surface area contributed by atoms with Gasteiger partial charge in [0.05, 0.1) is 22.8 Å². The molecule has 0 saturated heterocycles. The number of nitrogens with one attached hydrogen (secondary N) is 1. The predicted octanol–water partition coefficient (Wildman–Crippen LogP) is 4.16. The molecule has 4 aromatic rings. The Morgan fingerprint density at radius 1 is 1.09 bits per heavy atom. The summed E-state index contributed by atoms with van der Waals surface area (Å²) < 4.78 is 3.54. The number of carbonyl (C=O) groups is 1. The molecule has 0 fully saturated rings. The minimum absolute atomic E-state index is 0.153. The van der Waals surface area contributed by atoms with E-state index in [-0.39, 0.29) is 11.5 Å². The molecule has 7 nitrogen and oxygen atoms in total. The minimum atomic E-state index is -0.173. The lowest BCUT2D eigenvalue weighted by molar-refractivity contribution is 0.0952. The Balaban J connectivity index is 1.37. The molecule has 0 aliphatic heterocycles. The predicted molar refractivity (Wildman–Crippen MR) is 126 cm³/mol. The van der Waals surface area contributed by atoms with Crippen LogP contribution in [-0.4, -0.2) is 31.4 Å². The molecule has 0 bridgehead atoms. The number of amides is 1. The highest BCUT2D eigenvalue weighted by atomic mass is 16.1. The van der Waals surface area contributed by atoms with Crippen molar-refractivity contribution in [1.82, 2.24) is 24.3 Å². The number of hydrogen-bond acceptors (Lipinski definition) is 4. The van der Waals surface area contributed by atoms with Gasteiger partial charge >= 0.3 is 0 Å². The maximum atomic E-state index is 13.1. The van der Waals surface area contributed by atoms with E-state index in [0.29, 0.717) is 34.6 Å². The second-order valence-corrected chi connectivity index (χ2v) is 8.46. The third-order valence-electron chi connectivity index (χ3n) is 5.75. The molecule has 32 heavy (non-hydrogen) atoms. The maximum Gasteiger partial charge on any atom is 0.265 e. The standard InChI is InChI=1S/C25H29N5O2/c1-18(2)19-7-9-22-21(15-19)25(32)30-16-20(8-10-23(30)28-22)24(31)27-11-5-3-4-6-13-29-14-12-26-17-29/h7-10,12,14-18H,3-6,11,13H2,1-2H3,(H,27,31). The molecule has 0 aliphatic carbocycles. The van der Waals surface area contributed by atoms with E-state index < -0.39 is 0 Å². The summed E-state index contributed by atoms with van der Waals surface area (Å²) in [5, 5.41) is 3.53. The number of benzene rings is 1. The zero-order valence-corrected chi connectivity index (χ0v) is 18.6. The number of nitrogens with zero attached hydrogens (tertiary/aromatic N) is 4. The van der Waals surface area contributed by atoms with Crippen LogP contribution in [0.15, 0.2) is 60.0 Å². The van der Waals surface area contributed by atoms with E-state index in [4.69, 9.17) is 0 Å². The Bertz CT molecular complexity index is 1270. The van der Waals surface area contributed by atoms with Crippen molar-refractivity contribution in [3.05, 3.63) is 76.7 Å². The fourth-order valence-corrected chi connectivity index (χ4v) is 3.81. The quantitative estimate of drug-likeness (QED) is 0.319. The molecule has 0 saturated carbocycles. The van der Waals surface area contributed by atoms with Crippen LogP contribution in [0.1, 0.15) is 61.4 Å². The van der Waals surface area contributed by atoms with Gasteiger partial charge in [-0.3, -0.25) is 14.0 Å². The second-order valence-electron chi connectivity index (χ2n) is 8.46. The maximum absolute atomic E-state index is 13.1. The summed E-state index contributed by atoms with van der Waals surface area (Å²) in [5.41, 5.74) is 2.61. The SMILES string of the molecule is CC(C)c1ccc2nc3ccc(C(=O)NCCCCCCn4ccnc4)cn3c(=O)c2c1. The summed E-state index contributed by atoms with van der Waals surface area (Å²) in [4.78, 5) is 34.3. The van der Waals surface area contributed by atoms with Crippen LogP contribution in [0.25, 0.3) is 16.6 Å². The van der Waals surface area contributed by atoms with Crippen molar-refractivity contribution >= 4 is 22.5 Å². The van der Waals surface area contributed by atoms with Gasteiger partial charge in [-0.05, 0) is 48.6 Å². The molecular weight excluding hydrogens is 402 g/mol. The van der Waals surface area contributed by atoms with Gasteiger partial charge in [-0.1, -0.05) is 32.8 Å². The molecule has 0 radical (unpaired) electrons. The van der Waals surface area contributed by atoms with E-state index >= 15 is 0 Å². The van der Waals surface area contributed by atoms with Crippen molar-refractivity contribution in [2.75, 3.05) is 6.54 Å². The second kappa shape index (κ2) is 9.77. The number of pyridine rings is 1. The van der Waals surface area contributed by atoms with E-state index in [0.717, 1.165) is 37.8 Å². The molecule has 7 heteroatoms. The third kappa shape index (κ3) is 4.88. The lowest BCUT2D eigenvalue weighted by atomic mass is 10.0. The normalized spacial score (nSPS) is 11.5. The summed E-state index contributed by atoms with van der Waals surface area (Å²) in [7, 11) is 0. The molecule has 4 rings (SSSR count). The van der Waals surface area contributed by atoms with Gasteiger partial charge in [-0.2, -0.15) is 0 Å². The van der Waals surface area contributed by atoms with Gasteiger partial charge in [0.1, 0.15) is 5.65 Å². The number of rotatable bonds is 9. The first-order valence-corrected chi connectivity index (χ1v) is 11.2. The van der Waals surface area contributed by atoms with Crippen LogP contribution in [0, 0.1) is 0 Å². The summed E-state index contributed by atoms with van der Waals surface area (Å²) in [6, 6.07) is 9.25. The Hall–Kier alpha value is -3.48. The average Bonchev–Trinajstić information content (AvgIpc) is 3.31. The van der Waals surface area contributed by atoms with Gasteiger partial charge in [0.25, 0.3) is 11.5 Å². The number of fused-ring (bicyclic) bond motifs is 2. The van der Waals surface area contributed by atoms with Gasteiger partial charge in [-0.15, -0.1) is 0 Å². The van der Waals surface area contributed by atoms with E-state index in [1.807, 2.05) is 30.7 Å². The van der Waals surface area contributed by atoms with E-state index in [1.54, 1.807) is 24.5 Å². The summed E-state index contributed by atoms with van der Waals surface area (Å²) >= 11 is 0. The number of hydrogen-bond donors (Lipinski definition) is 1. The van der Waals surface area contributed by atoms with Crippen molar-refractivity contribution in [3.63, 3.8) is 0 Å². The summed E-state index contributed by atoms with van der Waals surface area (Å²) in [5.74, 6) is 0.149. The molecule has 166 valence electrons. The highest BCUT2D eigenvalue weighted by Gasteiger charge is 2.11. The van der Waals surface area contributed by atoms with E-state index in [1.165, 1.54) is 4.40 Å². The van der Waals surface area contributed by atoms with Crippen molar-refractivity contribution in [1.29, 1.82) is 0 Å². The van der Waals surface area contributed by atoms with E-state index in [2.05, 4.69) is 33.7 Å². The number of aryl methyl sites for hydroxylation is 1. The Morgan fingerprint density at radius 3 is 2.72 bits per heavy atom. The van der Waals surface area contributed by atoms with Crippen LogP contribution in [0.2, 0.25) is 0 Å². The summed E-state index contributed by atoms with van der Waals surface area (Å²) in [6.07, 6.45) is 11.4. The largest absolute Gasteiger partial charge is 0.352 e. The third-order valence-corrected chi connectivity index (χ3v) is 5.75. The van der Waals surface area contributed by atoms with E-state index in [9.17, 15) is 9.59 Å². The van der Waals surface area contributed by atoms with Crippen molar-refractivity contribution in [2.45, 2.75) is 52.0 Å². The highest BCUT2D eigenvalue weighted by molar-refractivity contribution is 5.94. The van der Waals surface area contributed by atoms with Gasteiger partial charge in [-0.25, -0.2) is 9.97 Å². The molecule has 0 aliphatic rings. The van der Waals surface area contributed by atoms with Gasteiger partial charge < -0.3 is 9.88 Å². The van der Waals surface area contributed by atoms with Gasteiger partial charge in [0.15, 0.2) is 0 Å². The van der Waals surface area contributed by atoms with Crippen LogP contribution in [-0.2, 0) is 6.54 Å². The fourth-order valence-electron chi connectivity index (χ4n) is 3.81. The minimum Gasteiger partial charge on any atom is -0.352 e. The number of imidazole rings is 1. The lowest BCUT2D eigenvalue weighted by Gasteiger charge is -2.09. The molecule has 1 amide bonds. The summed E-state index contributed by atoms with van der Waals surface area (Å²) in [6.45, 7) is 5.77. The molecule has 0 atom stereocenters. The van der Waals surface area contributed by atoms with Crippen LogP contribution >= 0.6 is 0 Å². The smallest absolute Gasteiger partial charge is 0.265 e. The zero-order valence-electron chi connectivity index (χ0n) is 18.6. The topological polar surface area (TPSA) is 81.3 Å². The Kier molecular flexibility index (Phi) is 6.63. The fraction of sp³-hybridized carbons (Fsp3) is 0.360. The van der Waals surface area contributed by atoms with Gasteiger partial charge in [0, 0.05) is 31.7 Å². The van der Waals surface area contributed by atoms with Crippen LogP contribution in [0.5, 0.6) is 0 Å². The molecule has 0 spiro atoms. The molecule has 1 N–H and O–H groups in total. The zero-order chi connectivity index (χ0) is 22.5. The molecule has 3 heterocycles. The first kappa shape index (κ1) is 21.7. The van der Waals surface area contributed by atoms with Crippen molar-refractivity contribution in [3.8, 4) is 0 Å². The monoisotopic (exact) mass is 431 g/mol. The molecular formula is C25H29N5O2. The molecule has 1 aromatic carbocycles. The number of aromatic nitrogens is 4. The van der Waals surface area contributed by atoms with Crippen LogP contribution < -0.4 is 10.9 Å². The van der Waals surface area contributed by atoms with Gasteiger partial charge in [0.2, 0.25) is 0 Å². The first-order valence-electron chi connectivity index (χ1n) is 11.2. The molecule has 0 unspecified atom stereocenters. The lowest BCUT2D eigenvalue weighted by Crippen LogP contribution is -2.26. The number of carbonyl (C=O) groups excluding carboxylic acids is 1. The van der Waals surface area contributed by atoms with Crippen molar-refractivity contribution < 1.29 is 4.79 Å². The van der Waals surface area contributed by atoms with Crippen LogP contribution in [0.3, 0.4) is 0 Å². The molecule has 3 aromatic heterocycles. The first-order chi connectivity index (χ1) is 15.5.